The summed E-state index contributed by atoms with van der Waals surface area (Å²) in [5.74, 6) is -1.54. The lowest BCUT2D eigenvalue weighted by Gasteiger charge is -2.17. The maximum absolute atomic E-state index is 11.2. The first-order valence-corrected chi connectivity index (χ1v) is 6.63. The fraction of sp³-hybridized carbons (Fsp3) is 0.500. The molecule has 2 N–H and O–H groups in total. The maximum Gasteiger partial charge on any atom is 0.306 e. The molecule has 19 heavy (non-hydrogen) atoms. The minimum Gasteiger partial charge on any atom is -0.481 e. The number of carbonyl (C=O) groups is 1. The molecule has 0 fully saturated rings. The number of hydrogen-bond donors (Lipinski definition) is 2. The van der Waals surface area contributed by atoms with Crippen LogP contribution in [0.2, 0.25) is 5.02 Å². The van der Waals surface area contributed by atoms with Gasteiger partial charge < -0.3 is 14.9 Å². The van der Waals surface area contributed by atoms with Crippen molar-refractivity contribution in [3.8, 4) is 0 Å². The van der Waals surface area contributed by atoms with Crippen LogP contribution in [0.25, 0.3) is 0 Å². The van der Waals surface area contributed by atoms with Gasteiger partial charge >= 0.3 is 5.97 Å². The van der Waals surface area contributed by atoms with Crippen molar-refractivity contribution < 1.29 is 19.7 Å². The SMILES string of the molecule is CCOCC(O)CC(Cc1ccc(Cl)cc1)C(=O)O. The summed E-state index contributed by atoms with van der Waals surface area (Å²) in [6.07, 6.45) is -0.207. The van der Waals surface area contributed by atoms with Crippen LogP contribution in [-0.4, -0.2) is 35.5 Å². The van der Waals surface area contributed by atoms with Crippen LogP contribution < -0.4 is 0 Å². The van der Waals surface area contributed by atoms with Crippen molar-refractivity contribution in [1.82, 2.24) is 0 Å². The van der Waals surface area contributed by atoms with Crippen LogP contribution in [0, 0.1) is 5.92 Å². The monoisotopic (exact) mass is 286 g/mol. The van der Waals surface area contributed by atoms with Crippen LogP contribution in [0.3, 0.4) is 0 Å². The van der Waals surface area contributed by atoms with Gasteiger partial charge in [0.25, 0.3) is 0 Å². The van der Waals surface area contributed by atoms with Gasteiger partial charge in [-0.1, -0.05) is 23.7 Å². The molecular formula is C14H19ClO4. The minimum absolute atomic E-state index is 0.168. The molecule has 0 bridgehead atoms. The van der Waals surface area contributed by atoms with Gasteiger partial charge in [0.2, 0.25) is 0 Å². The molecule has 4 nitrogen and oxygen atoms in total. The molecule has 2 unspecified atom stereocenters. The second-order valence-electron chi connectivity index (χ2n) is 4.41. The number of aliphatic carboxylic acids is 1. The molecule has 106 valence electrons. The maximum atomic E-state index is 11.2. The largest absolute Gasteiger partial charge is 0.481 e. The molecule has 1 aromatic carbocycles. The molecular weight excluding hydrogens is 268 g/mol. The van der Waals surface area contributed by atoms with E-state index in [0.29, 0.717) is 18.1 Å². The number of benzene rings is 1. The van der Waals surface area contributed by atoms with Gasteiger partial charge in [-0.2, -0.15) is 0 Å². The fourth-order valence-electron chi connectivity index (χ4n) is 1.83. The van der Waals surface area contributed by atoms with Crippen LogP contribution >= 0.6 is 11.6 Å². The molecule has 0 saturated heterocycles. The highest BCUT2D eigenvalue weighted by molar-refractivity contribution is 6.30. The Morgan fingerprint density at radius 1 is 1.37 bits per heavy atom. The number of hydrogen-bond acceptors (Lipinski definition) is 3. The molecule has 0 aromatic heterocycles. The Morgan fingerprint density at radius 2 is 2.00 bits per heavy atom. The summed E-state index contributed by atoms with van der Waals surface area (Å²) in [5.41, 5.74) is 0.889. The summed E-state index contributed by atoms with van der Waals surface area (Å²) in [6, 6.07) is 7.05. The zero-order valence-electron chi connectivity index (χ0n) is 10.9. The van der Waals surface area contributed by atoms with E-state index in [1.54, 1.807) is 24.3 Å². The van der Waals surface area contributed by atoms with Gasteiger partial charge in [-0.3, -0.25) is 4.79 Å². The first kappa shape index (κ1) is 16.0. The van der Waals surface area contributed by atoms with Crippen LogP contribution in [0.15, 0.2) is 24.3 Å². The number of carboxylic acid groups (broad SMARTS) is 1. The van der Waals surface area contributed by atoms with Gasteiger partial charge in [-0.05, 0) is 37.5 Å². The molecule has 0 spiro atoms. The van der Waals surface area contributed by atoms with Crippen molar-refractivity contribution in [2.45, 2.75) is 25.9 Å². The lowest BCUT2D eigenvalue weighted by molar-refractivity contribution is -0.143. The third-order valence-corrected chi connectivity index (χ3v) is 3.07. The van der Waals surface area contributed by atoms with E-state index in [1.165, 1.54) is 0 Å². The zero-order valence-corrected chi connectivity index (χ0v) is 11.6. The minimum atomic E-state index is -0.912. The second-order valence-corrected chi connectivity index (χ2v) is 4.85. The Balaban J connectivity index is 2.57. The molecule has 0 aliphatic heterocycles. The summed E-state index contributed by atoms with van der Waals surface area (Å²) in [6.45, 7) is 2.50. The molecule has 1 aromatic rings. The standard InChI is InChI=1S/C14H19ClO4/c1-2-19-9-13(16)8-11(14(17)18)7-10-3-5-12(15)6-4-10/h3-6,11,13,16H,2,7-9H2,1H3,(H,17,18). The van der Waals surface area contributed by atoms with Gasteiger partial charge in [0, 0.05) is 11.6 Å². The molecule has 2 atom stereocenters. The molecule has 0 amide bonds. The third kappa shape index (κ3) is 6.05. The number of halogens is 1. The van der Waals surface area contributed by atoms with Crippen molar-refractivity contribution in [2.24, 2.45) is 5.92 Å². The van der Waals surface area contributed by atoms with Crippen LogP contribution in [-0.2, 0) is 16.0 Å². The van der Waals surface area contributed by atoms with Crippen molar-refractivity contribution in [3.05, 3.63) is 34.9 Å². The Bertz CT molecular complexity index is 391. The normalized spacial score (nSPS) is 14.1. The molecule has 5 heteroatoms. The lowest BCUT2D eigenvalue weighted by Crippen LogP contribution is -2.25. The summed E-state index contributed by atoms with van der Waals surface area (Å²) in [4.78, 5) is 11.2. The van der Waals surface area contributed by atoms with Crippen LogP contribution in [0.5, 0.6) is 0 Å². The summed E-state index contributed by atoms with van der Waals surface area (Å²) < 4.78 is 5.08. The van der Waals surface area contributed by atoms with E-state index in [1.807, 2.05) is 6.92 Å². The lowest BCUT2D eigenvalue weighted by atomic mass is 9.94. The number of aliphatic hydroxyl groups excluding tert-OH is 1. The van der Waals surface area contributed by atoms with E-state index in [9.17, 15) is 15.0 Å². The summed E-state index contributed by atoms with van der Waals surface area (Å²) >= 11 is 5.78. The highest BCUT2D eigenvalue weighted by Crippen LogP contribution is 2.17. The molecule has 0 aliphatic rings. The summed E-state index contributed by atoms with van der Waals surface area (Å²) in [7, 11) is 0. The van der Waals surface area contributed by atoms with E-state index in [2.05, 4.69) is 0 Å². The van der Waals surface area contributed by atoms with E-state index >= 15 is 0 Å². The molecule has 0 heterocycles. The van der Waals surface area contributed by atoms with Gasteiger partial charge in [-0.15, -0.1) is 0 Å². The van der Waals surface area contributed by atoms with Gasteiger partial charge in [-0.25, -0.2) is 0 Å². The number of ether oxygens (including phenoxy) is 1. The van der Waals surface area contributed by atoms with E-state index < -0.39 is 18.0 Å². The quantitative estimate of drug-likeness (QED) is 0.770. The highest BCUT2D eigenvalue weighted by Gasteiger charge is 2.22. The summed E-state index contributed by atoms with van der Waals surface area (Å²) in [5, 5.41) is 19.5. The average Bonchev–Trinajstić information content (AvgIpc) is 2.38. The highest BCUT2D eigenvalue weighted by atomic mass is 35.5. The van der Waals surface area contributed by atoms with E-state index in [-0.39, 0.29) is 13.0 Å². The van der Waals surface area contributed by atoms with Crippen molar-refractivity contribution in [1.29, 1.82) is 0 Å². The Kier molecular flexibility index (Phi) is 6.84. The van der Waals surface area contributed by atoms with E-state index in [0.717, 1.165) is 5.56 Å². The third-order valence-electron chi connectivity index (χ3n) is 2.82. The van der Waals surface area contributed by atoms with Crippen LogP contribution in [0.4, 0.5) is 0 Å². The molecule has 0 saturated carbocycles. The van der Waals surface area contributed by atoms with Crippen molar-refractivity contribution in [2.75, 3.05) is 13.2 Å². The van der Waals surface area contributed by atoms with Crippen molar-refractivity contribution in [3.63, 3.8) is 0 Å². The smallest absolute Gasteiger partial charge is 0.306 e. The Morgan fingerprint density at radius 3 is 2.53 bits per heavy atom. The van der Waals surface area contributed by atoms with Crippen molar-refractivity contribution >= 4 is 17.6 Å². The molecule has 0 radical (unpaired) electrons. The molecule has 0 aliphatic carbocycles. The average molecular weight is 287 g/mol. The van der Waals surface area contributed by atoms with Crippen LogP contribution in [0.1, 0.15) is 18.9 Å². The fourth-order valence-corrected chi connectivity index (χ4v) is 1.95. The number of aliphatic hydroxyl groups is 1. The first-order valence-electron chi connectivity index (χ1n) is 6.26. The topological polar surface area (TPSA) is 66.8 Å². The first-order chi connectivity index (χ1) is 9.02. The van der Waals surface area contributed by atoms with E-state index in [4.69, 9.17) is 16.3 Å². The van der Waals surface area contributed by atoms with Gasteiger partial charge in [0.1, 0.15) is 0 Å². The predicted octanol–water partition coefficient (Wildman–Crippen LogP) is 2.37. The zero-order chi connectivity index (χ0) is 14.3. The number of rotatable bonds is 8. The predicted molar refractivity (Wildman–Crippen MR) is 73.4 cm³/mol. The Labute approximate surface area is 118 Å². The van der Waals surface area contributed by atoms with Gasteiger partial charge in [0.05, 0.1) is 18.6 Å². The second kappa shape index (κ2) is 8.15. The number of carboxylic acids is 1. The Hall–Kier alpha value is -1.10. The van der Waals surface area contributed by atoms with Gasteiger partial charge in [0.15, 0.2) is 0 Å². The molecule has 1 rings (SSSR count).